The van der Waals surface area contributed by atoms with E-state index in [4.69, 9.17) is 9.47 Å². The van der Waals surface area contributed by atoms with Gasteiger partial charge in [-0.3, -0.25) is 9.59 Å². The van der Waals surface area contributed by atoms with Crippen LogP contribution in [0.25, 0.3) is 0 Å². The lowest BCUT2D eigenvalue weighted by atomic mass is 10.0. The Balaban J connectivity index is 1.48. The lowest BCUT2D eigenvalue weighted by Crippen LogP contribution is -2.43. The third-order valence-corrected chi connectivity index (χ3v) is 4.58. The fourth-order valence-electron chi connectivity index (χ4n) is 2.85. The van der Waals surface area contributed by atoms with Gasteiger partial charge in [-0.1, -0.05) is 6.07 Å². The van der Waals surface area contributed by atoms with E-state index in [9.17, 15) is 9.59 Å². The van der Waals surface area contributed by atoms with Crippen LogP contribution in [0.15, 0.2) is 18.2 Å². The maximum Gasteiger partial charge on any atom is 0.235 e. The lowest BCUT2D eigenvalue weighted by Gasteiger charge is -2.16. The highest BCUT2D eigenvalue weighted by atomic mass is 16.7. The van der Waals surface area contributed by atoms with E-state index in [1.54, 1.807) is 0 Å². The first kappa shape index (κ1) is 17.5. The van der Waals surface area contributed by atoms with Crippen molar-refractivity contribution in [1.82, 2.24) is 15.5 Å². The number of nitrogens with zero attached hydrogens (tertiary/aromatic N) is 1. The average Bonchev–Trinajstić information content (AvgIpc) is 3.28. The first-order chi connectivity index (χ1) is 12.0. The molecule has 1 aromatic carbocycles. The molecule has 2 aliphatic rings. The number of nitrogens with one attached hydrogen (secondary N) is 2. The molecule has 7 nitrogen and oxygen atoms in total. The topological polar surface area (TPSA) is 79.9 Å². The molecule has 1 fully saturated rings. The van der Waals surface area contributed by atoms with Crippen LogP contribution >= 0.6 is 0 Å². The fraction of sp³-hybridized carbons (Fsp3) is 0.556. The Kier molecular flexibility index (Phi) is 5.13. The second kappa shape index (κ2) is 7.31. The Morgan fingerprint density at radius 2 is 1.84 bits per heavy atom. The van der Waals surface area contributed by atoms with Crippen LogP contribution in [0.5, 0.6) is 11.5 Å². The van der Waals surface area contributed by atoms with Gasteiger partial charge in [-0.15, -0.1) is 0 Å². The van der Waals surface area contributed by atoms with Crippen LogP contribution in [0, 0.1) is 5.41 Å². The van der Waals surface area contributed by atoms with E-state index in [1.165, 1.54) is 0 Å². The van der Waals surface area contributed by atoms with Gasteiger partial charge >= 0.3 is 0 Å². The van der Waals surface area contributed by atoms with Crippen LogP contribution in [-0.2, 0) is 16.1 Å². The summed E-state index contributed by atoms with van der Waals surface area (Å²) in [4.78, 5) is 26.9. The van der Waals surface area contributed by atoms with Crippen molar-refractivity contribution < 1.29 is 19.1 Å². The second-order valence-electron chi connectivity index (χ2n) is 6.87. The molecule has 0 aromatic heterocycles. The van der Waals surface area contributed by atoms with Crippen molar-refractivity contribution in [2.75, 3.05) is 34.0 Å². The van der Waals surface area contributed by atoms with Crippen molar-refractivity contribution in [3.8, 4) is 11.5 Å². The Labute approximate surface area is 147 Å². The van der Waals surface area contributed by atoms with Crippen molar-refractivity contribution in [2.45, 2.75) is 25.8 Å². The molecule has 3 rings (SSSR count). The number of carbonyl (C=O) groups is 2. The number of benzene rings is 1. The van der Waals surface area contributed by atoms with E-state index in [2.05, 4.69) is 15.5 Å². The minimum absolute atomic E-state index is 0.158. The van der Waals surface area contributed by atoms with Gasteiger partial charge < -0.3 is 25.0 Å². The van der Waals surface area contributed by atoms with Gasteiger partial charge in [0, 0.05) is 13.1 Å². The highest BCUT2D eigenvalue weighted by molar-refractivity contribution is 6.07. The first-order valence-corrected chi connectivity index (χ1v) is 8.61. The number of carbonyl (C=O) groups excluding carboxylic acids is 2. The van der Waals surface area contributed by atoms with Crippen LogP contribution in [-0.4, -0.2) is 50.7 Å². The summed E-state index contributed by atoms with van der Waals surface area (Å²) in [7, 11) is 3.99. The molecule has 1 saturated carbocycles. The van der Waals surface area contributed by atoms with Crippen LogP contribution in [0.4, 0.5) is 0 Å². The molecular weight excluding hydrogens is 322 g/mol. The maximum atomic E-state index is 12.5. The third-order valence-electron chi connectivity index (χ3n) is 4.58. The van der Waals surface area contributed by atoms with Gasteiger partial charge in [-0.25, -0.2) is 0 Å². The summed E-state index contributed by atoms with van der Waals surface area (Å²) in [5.74, 6) is 1.04. The van der Waals surface area contributed by atoms with E-state index in [0.717, 1.165) is 18.5 Å². The zero-order chi connectivity index (χ0) is 17.9. The molecule has 136 valence electrons. The molecule has 2 amide bonds. The van der Waals surface area contributed by atoms with Gasteiger partial charge in [0.15, 0.2) is 11.5 Å². The molecule has 1 aliphatic carbocycles. The van der Waals surface area contributed by atoms with Crippen molar-refractivity contribution >= 4 is 11.8 Å². The standard InChI is InChI=1S/C18H25N3O4/c1-21(2)9-3-8-19-16(22)18(6-7-18)17(23)20-11-13-4-5-14-15(10-13)25-12-24-14/h4-5,10H,3,6-9,11-12H2,1-2H3,(H,19,22)(H,20,23). The fourth-order valence-corrected chi connectivity index (χ4v) is 2.85. The highest BCUT2D eigenvalue weighted by Crippen LogP contribution is 2.46. The van der Waals surface area contributed by atoms with Crippen LogP contribution < -0.4 is 20.1 Å². The molecule has 1 heterocycles. The zero-order valence-corrected chi connectivity index (χ0v) is 14.8. The van der Waals surface area contributed by atoms with E-state index in [1.807, 2.05) is 32.3 Å². The van der Waals surface area contributed by atoms with Crippen molar-refractivity contribution in [2.24, 2.45) is 5.41 Å². The Hall–Kier alpha value is -2.28. The van der Waals surface area contributed by atoms with E-state index >= 15 is 0 Å². The molecule has 2 N–H and O–H groups in total. The Morgan fingerprint density at radius 3 is 2.56 bits per heavy atom. The van der Waals surface area contributed by atoms with Crippen LogP contribution in [0.2, 0.25) is 0 Å². The molecule has 0 spiro atoms. The minimum atomic E-state index is -0.881. The first-order valence-electron chi connectivity index (χ1n) is 8.61. The molecular formula is C18H25N3O4. The summed E-state index contributed by atoms with van der Waals surface area (Å²) in [5, 5.41) is 5.77. The number of hydrogen-bond acceptors (Lipinski definition) is 5. The van der Waals surface area contributed by atoms with Gasteiger partial charge in [0.05, 0.1) is 0 Å². The van der Waals surface area contributed by atoms with E-state index < -0.39 is 5.41 Å². The number of fused-ring (bicyclic) bond motifs is 1. The summed E-state index contributed by atoms with van der Waals surface area (Å²) >= 11 is 0. The highest BCUT2D eigenvalue weighted by Gasteiger charge is 2.56. The molecule has 0 bridgehead atoms. The zero-order valence-electron chi connectivity index (χ0n) is 14.8. The predicted molar refractivity (Wildman–Crippen MR) is 92.3 cm³/mol. The summed E-state index contributed by atoms with van der Waals surface area (Å²) < 4.78 is 10.6. The Morgan fingerprint density at radius 1 is 1.12 bits per heavy atom. The van der Waals surface area contributed by atoms with Gasteiger partial charge in [-0.05, 0) is 57.6 Å². The summed E-state index contributed by atoms with van der Waals surface area (Å²) in [6.07, 6.45) is 2.09. The summed E-state index contributed by atoms with van der Waals surface area (Å²) in [5.41, 5.74) is 0.0360. The van der Waals surface area contributed by atoms with Crippen molar-refractivity contribution in [3.63, 3.8) is 0 Å². The summed E-state index contributed by atoms with van der Waals surface area (Å²) in [6, 6.07) is 5.56. The maximum absolute atomic E-state index is 12.5. The minimum Gasteiger partial charge on any atom is -0.454 e. The van der Waals surface area contributed by atoms with Gasteiger partial charge in [0.25, 0.3) is 0 Å². The number of rotatable bonds is 8. The number of ether oxygens (including phenoxy) is 2. The van der Waals surface area contributed by atoms with E-state index in [-0.39, 0.29) is 18.6 Å². The third kappa shape index (κ3) is 4.04. The number of hydrogen-bond donors (Lipinski definition) is 2. The Bertz CT molecular complexity index is 656. The normalized spacial score (nSPS) is 16.6. The number of amides is 2. The molecule has 0 atom stereocenters. The average molecular weight is 347 g/mol. The van der Waals surface area contributed by atoms with E-state index in [0.29, 0.717) is 37.4 Å². The predicted octanol–water partition coefficient (Wildman–Crippen LogP) is 0.880. The molecule has 1 aliphatic heterocycles. The summed E-state index contributed by atoms with van der Waals surface area (Å²) in [6.45, 7) is 2.09. The molecule has 1 aromatic rings. The van der Waals surface area contributed by atoms with Gasteiger partial charge in [0.1, 0.15) is 5.41 Å². The molecule has 0 unspecified atom stereocenters. The van der Waals surface area contributed by atoms with Crippen LogP contribution in [0.3, 0.4) is 0 Å². The van der Waals surface area contributed by atoms with Crippen LogP contribution in [0.1, 0.15) is 24.8 Å². The SMILES string of the molecule is CN(C)CCCNC(=O)C1(C(=O)NCc2ccc3c(c2)OCO3)CC1. The van der Waals surface area contributed by atoms with Crippen molar-refractivity contribution in [3.05, 3.63) is 23.8 Å². The van der Waals surface area contributed by atoms with Gasteiger partial charge in [0.2, 0.25) is 18.6 Å². The largest absolute Gasteiger partial charge is 0.454 e. The quantitative estimate of drug-likeness (QED) is 0.539. The molecule has 0 saturated heterocycles. The molecule has 7 heteroatoms. The molecule has 0 radical (unpaired) electrons. The van der Waals surface area contributed by atoms with Crippen molar-refractivity contribution in [1.29, 1.82) is 0 Å². The smallest absolute Gasteiger partial charge is 0.235 e. The molecule has 25 heavy (non-hydrogen) atoms. The second-order valence-corrected chi connectivity index (χ2v) is 6.87. The monoisotopic (exact) mass is 347 g/mol. The van der Waals surface area contributed by atoms with Gasteiger partial charge in [-0.2, -0.15) is 0 Å². The lowest BCUT2D eigenvalue weighted by molar-refractivity contribution is -0.137.